The normalized spacial score (nSPS) is 10.6. The van der Waals surface area contributed by atoms with Gasteiger partial charge in [0.25, 0.3) is 0 Å². The quantitative estimate of drug-likeness (QED) is 0.481. The Morgan fingerprint density at radius 2 is 1.48 bits per heavy atom. The number of rotatable bonds is 3. The molecular weight excluding hydrogens is 375 g/mol. The molecule has 0 amide bonds. The monoisotopic (exact) mass is 388 g/mol. The van der Waals surface area contributed by atoms with Crippen LogP contribution in [-0.4, -0.2) is 12.9 Å². The SMILES string of the molecule is COc1ccc2cc(C(=O)c3ccc(I)cc3)ccc2c1. The van der Waals surface area contributed by atoms with Crippen LogP contribution in [0.2, 0.25) is 0 Å². The van der Waals surface area contributed by atoms with Crippen molar-refractivity contribution >= 4 is 39.1 Å². The highest BCUT2D eigenvalue weighted by Crippen LogP contribution is 2.23. The average Bonchev–Trinajstić information content (AvgIpc) is 2.54. The van der Waals surface area contributed by atoms with Crippen molar-refractivity contribution in [2.75, 3.05) is 7.11 Å². The minimum absolute atomic E-state index is 0.0455. The molecule has 0 saturated carbocycles. The zero-order valence-electron chi connectivity index (χ0n) is 11.5. The first-order valence-corrected chi connectivity index (χ1v) is 7.63. The highest BCUT2D eigenvalue weighted by atomic mass is 127. The Kier molecular flexibility index (Phi) is 3.92. The second-order valence-electron chi connectivity index (χ2n) is 4.76. The Morgan fingerprint density at radius 1 is 0.857 bits per heavy atom. The number of ether oxygens (including phenoxy) is 1. The van der Waals surface area contributed by atoms with E-state index in [0.29, 0.717) is 11.1 Å². The zero-order valence-corrected chi connectivity index (χ0v) is 13.6. The number of carbonyl (C=O) groups is 1. The molecule has 0 aliphatic heterocycles. The van der Waals surface area contributed by atoms with E-state index in [0.717, 1.165) is 20.1 Å². The number of fused-ring (bicyclic) bond motifs is 1. The molecule has 0 heterocycles. The molecule has 3 aromatic rings. The van der Waals surface area contributed by atoms with Gasteiger partial charge in [0, 0.05) is 14.7 Å². The lowest BCUT2D eigenvalue weighted by atomic mass is 10.00. The second-order valence-corrected chi connectivity index (χ2v) is 6.01. The molecule has 0 unspecified atom stereocenters. The molecule has 0 aliphatic rings. The number of carbonyl (C=O) groups excluding carboxylic acids is 1. The highest BCUT2D eigenvalue weighted by molar-refractivity contribution is 14.1. The lowest BCUT2D eigenvalue weighted by molar-refractivity contribution is 0.103. The Balaban J connectivity index is 2.00. The molecule has 104 valence electrons. The van der Waals surface area contributed by atoms with Crippen LogP contribution in [0.5, 0.6) is 5.75 Å². The first kappa shape index (κ1) is 14.1. The fourth-order valence-electron chi connectivity index (χ4n) is 2.26. The lowest BCUT2D eigenvalue weighted by Crippen LogP contribution is -2.01. The van der Waals surface area contributed by atoms with Gasteiger partial charge in [0.05, 0.1) is 7.11 Å². The van der Waals surface area contributed by atoms with Gasteiger partial charge in [-0.05, 0) is 75.8 Å². The maximum absolute atomic E-state index is 12.5. The molecule has 3 rings (SSSR count). The fourth-order valence-corrected chi connectivity index (χ4v) is 2.62. The van der Waals surface area contributed by atoms with E-state index in [1.54, 1.807) is 7.11 Å². The van der Waals surface area contributed by atoms with Crippen LogP contribution in [0.4, 0.5) is 0 Å². The molecule has 0 radical (unpaired) electrons. The maximum atomic E-state index is 12.5. The van der Waals surface area contributed by atoms with Gasteiger partial charge >= 0.3 is 0 Å². The standard InChI is InChI=1S/C18H13IO2/c1-21-17-9-6-13-10-15(3-2-14(13)11-17)18(20)12-4-7-16(19)8-5-12/h2-11H,1H3. The van der Waals surface area contributed by atoms with Crippen molar-refractivity contribution in [3.8, 4) is 5.75 Å². The number of benzene rings is 3. The van der Waals surface area contributed by atoms with E-state index in [-0.39, 0.29) is 5.78 Å². The molecule has 21 heavy (non-hydrogen) atoms. The third-order valence-corrected chi connectivity index (χ3v) is 4.14. The molecule has 0 fully saturated rings. The van der Waals surface area contributed by atoms with Crippen LogP contribution in [0.15, 0.2) is 60.7 Å². The van der Waals surface area contributed by atoms with Crippen molar-refractivity contribution in [2.45, 2.75) is 0 Å². The van der Waals surface area contributed by atoms with Gasteiger partial charge in [0.1, 0.15) is 5.75 Å². The molecular formula is C18H13IO2. The Labute approximate surface area is 136 Å². The van der Waals surface area contributed by atoms with Gasteiger partial charge in [-0.25, -0.2) is 0 Å². The number of hydrogen-bond acceptors (Lipinski definition) is 2. The van der Waals surface area contributed by atoms with E-state index in [1.807, 2.05) is 60.7 Å². The van der Waals surface area contributed by atoms with Crippen LogP contribution in [0, 0.1) is 3.57 Å². The van der Waals surface area contributed by atoms with E-state index in [9.17, 15) is 4.79 Å². The molecule has 0 atom stereocenters. The summed E-state index contributed by atoms with van der Waals surface area (Å²) in [5.41, 5.74) is 1.41. The van der Waals surface area contributed by atoms with Gasteiger partial charge < -0.3 is 4.74 Å². The summed E-state index contributed by atoms with van der Waals surface area (Å²) in [6.07, 6.45) is 0. The van der Waals surface area contributed by atoms with E-state index in [2.05, 4.69) is 22.6 Å². The third-order valence-electron chi connectivity index (χ3n) is 3.42. The van der Waals surface area contributed by atoms with Crippen LogP contribution in [0.3, 0.4) is 0 Å². The zero-order chi connectivity index (χ0) is 14.8. The maximum Gasteiger partial charge on any atom is 0.193 e. The summed E-state index contributed by atoms with van der Waals surface area (Å²) in [5.74, 6) is 0.864. The van der Waals surface area contributed by atoms with Crippen molar-refractivity contribution in [3.63, 3.8) is 0 Å². The first-order valence-electron chi connectivity index (χ1n) is 6.55. The Morgan fingerprint density at radius 3 is 2.19 bits per heavy atom. The fraction of sp³-hybridized carbons (Fsp3) is 0.0556. The van der Waals surface area contributed by atoms with Crippen LogP contribution in [0.25, 0.3) is 10.8 Å². The van der Waals surface area contributed by atoms with Gasteiger partial charge in [-0.3, -0.25) is 4.79 Å². The van der Waals surface area contributed by atoms with Gasteiger partial charge in [-0.15, -0.1) is 0 Å². The average molecular weight is 388 g/mol. The summed E-state index contributed by atoms with van der Waals surface area (Å²) < 4.78 is 6.33. The summed E-state index contributed by atoms with van der Waals surface area (Å²) in [6, 6.07) is 19.2. The van der Waals surface area contributed by atoms with E-state index in [4.69, 9.17) is 4.74 Å². The van der Waals surface area contributed by atoms with Crippen LogP contribution in [0.1, 0.15) is 15.9 Å². The van der Waals surface area contributed by atoms with E-state index >= 15 is 0 Å². The molecule has 0 bridgehead atoms. The molecule has 0 aliphatic carbocycles. The van der Waals surface area contributed by atoms with Gasteiger partial charge in [-0.1, -0.05) is 18.2 Å². The van der Waals surface area contributed by atoms with Gasteiger partial charge in [0.15, 0.2) is 5.78 Å². The highest BCUT2D eigenvalue weighted by Gasteiger charge is 2.09. The Hall–Kier alpha value is -1.88. The molecule has 0 aromatic heterocycles. The van der Waals surface area contributed by atoms with E-state index < -0.39 is 0 Å². The minimum atomic E-state index is 0.0455. The number of halogens is 1. The van der Waals surface area contributed by atoms with Crippen LogP contribution >= 0.6 is 22.6 Å². The van der Waals surface area contributed by atoms with Crippen LogP contribution < -0.4 is 4.74 Å². The molecule has 0 spiro atoms. The largest absolute Gasteiger partial charge is 0.497 e. The molecule has 0 saturated heterocycles. The molecule has 3 aromatic carbocycles. The minimum Gasteiger partial charge on any atom is -0.497 e. The summed E-state index contributed by atoms with van der Waals surface area (Å²) in [6.45, 7) is 0. The molecule has 0 N–H and O–H groups in total. The summed E-state index contributed by atoms with van der Waals surface area (Å²) in [4.78, 5) is 12.5. The number of methoxy groups -OCH3 is 1. The summed E-state index contributed by atoms with van der Waals surface area (Å²) in [7, 11) is 1.65. The first-order chi connectivity index (χ1) is 10.2. The second kappa shape index (κ2) is 5.85. The Bertz CT molecular complexity index is 807. The van der Waals surface area contributed by atoms with Crippen molar-refractivity contribution in [1.29, 1.82) is 0 Å². The summed E-state index contributed by atoms with van der Waals surface area (Å²) >= 11 is 2.23. The van der Waals surface area contributed by atoms with Crippen molar-refractivity contribution < 1.29 is 9.53 Å². The van der Waals surface area contributed by atoms with Crippen molar-refractivity contribution in [3.05, 3.63) is 75.4 Å². The van der Waals surface area contributed by atoms with E-state index in [1.165, 1.54) is 0 Å². The lowest BCUT2D eigenvalue weighted by Gasteiger charge is -2.05. The topological polar surface area (TPSA) is 26.3 Å². The van der Waals surface area contributed by atoms with Gasteiger partial charge in [-0.2, -0.15) is 0 Å². The molecule has 3 heteroatoms. The van der Waals surface area contributed by atoms with Crippen molar-refractivity contribution in [2.24, 2.45) is 0 Å². The number of hydrogen-bond donors (Lipinski definition) is 0. The predicted molar refractivity (Wildman–Crippen MR) is 93.1 cm³/mol. The number of ketones is 1. The third kappa shape index (κ3) is 2.93. The summed E-state index contributed by atoms with van der Waals surface area (Å²) in [5, 5.41) is 2.10. The van der Waals surface area contributed by atoms with Crippen LogP contribution in [-0.2, 0) is 0 Å². The predicted octanol–water partition coefficient (Wildman–Crippen LogP) is 4.68. The van der Waals surface area contributed by atoms with Gasteiger partial charge in [0.2, 0.25) is 0 Å². The smallest absolute Gasteiger partial charge is 0.193 e. The molecule has 2 nitrogen and oxygen atoms in total. The van der Waals surface area contributed by atoms with Crippen molar-refractivity contribution in [1.82, 2.24) is 0 Å².